The van der Waals surface area contributed by atoms with Gasteiger partial charge in [-0.25, -0.2) is 4.58 Å². The van der Waals surface area contributed by atoms with Gasteiger partial charge in [0.1, 0.15) is 7.05 Å². The summed E-state index contributed by atoms with van der Waals surface area (Å²) in [6, 6.07) is 9.04. The molecule has 0 amide bonds. The summed E-state index contributed by atoms with van der Waals surface area (Å²) in [6.45, 7) is 2.17. The van der Waals surface area contributed by atoms with Crippen molar-refractivity contribution in [3.05, 3.63) is 71.8 Å². The van der Waals surface area contributed by atoms with Crippen molar-refractivity contribution < 1.29 is 4.58 Å². The summed E-state index contributed by atoms with van der Waals surface area (Å²) in [5.41, 5.74) is 3.98. The quantitative estimate of drug-likeness (QED) is 0.659. The van der Waals surface area contributed by atoms with Crippen molar-refractivity contribution in [2.24, 2.45) is 5.92 Å². The van der Waals surface area contributed by atoms with Crippen molar-refractivity contribution >= 4 is 5.71 Å². The van der Waals surface area contributed by atoms with E-state index < -0.39 is 0 Å². The number of hydrogen-bond acceptors (Lipinski definition) is 0. The van der Waals surface area contributed by atoms with Gasteiger partial charge in [-0.1, -0.05) is 42.5 Å². The molecule has 1 aliphatic carbocycles. The summed E-state index contributed by atoms with van der Waals surface area (Å²) < 4.78 is 2.38. The first-order valence-corrected chi connectivity index (χ1v) is 6.46. The molecule has 18 heavy (non-hydrogen) atoms. The van der Waals surface area contributed by atoms with E-state index in [1.165, 1.54) is 16.8 Å². The molecule has 1 nitrogen and oxygen atoms in total. The van der Waals surface area contributed by atoms with E-state index in [2.05, 4.69) is 79.3 Å². The van der Waals surface area contributed by atoms with Gasteiger partial charge in [-0.2, -0.15) is 0 Å². The van der Waals surface area contributed by atoms with Gasteiger partial charge in [-0.3, -0.25) is 0 Å². The molecule has 1 heterocycles. The summed E-state index contributed by atoms with van der Waals surface area (Å²) >= 11 is 0. The van der Waals surface area contributed by atoms with E-state index in [0.29, 0.717) is 12.0 Å². The molecule has 3 rings (SSSR count). The molecule has 0 radical (unpaired) electrons. The molecule has 0 saturated heterocycles. The third kappa shape index (κ3) is 1.76. The first-order valence-electron chi connectivity index (χ1n) is 6.46. The van der Waals surface area contributed by atoms with Crippen LogP contribution < -0.4 is 0 Å². The first kappa shape index (κ1) is 11.2. The molecule has 90 valence electrons. The summed E-state index contributed by atoms with van der Waals surface area (Å²) in [5.74, 6) is 0.507. The van der Waals surface area contributed by atoms with Gasteiger partial charge in [0.15, 0.2) is 6.04 Å². The highest BCUT2D eigenvalue weighted by Crippen LogP contribution is 2.23. The Kier molecular flexibility index (Phi) is 2.75. The third-order valence-electron chi connectivity index (χ3n) is 3.87. The molecule has 1 aliphatic heterocycles. The fraction of sp³-hybridized carbons (Fsp3) is 0.235. The maximum Gasteiger partial charge on any atom is 0.207 e. The van der Waals surface area contributed by atoms with E-state index in [4.69, 9.17) is 0 Å². The van der Waals surface area contributed by atoms with Gasteiger partial charge < -0.3 is 0 Å². The van der Waals surface area contributed by atoms with Crippen molar-refractivity contribution in [3.63, 3.8) is 0 Å². The van der Waals surface area contributed by atoms with Crippen molar-refractivity contribution in [3.8, 4) is 0 Å². The fourth-order valence-electron chi connectivity index (χ4n) is 2.80. The molecule has 2 atom stereocenters. The standard InChI is InChI=1S/C17H18N/c1-13-7-3-5-9-15(13)17-12-11-14-8-4-6-10-16(14)18(17)2/h3-12,14,16H,1-2H3/q+1. The van der Waals surface area contributed by atoms with Crippen LogP contribution in [0.4, 0.5) is 0 Å². The van der Waals surface area contributed by atoms with Gasteiger partial charge in [0.05, 0.1) is 5.92 Å². The van der Waals surface area contributed by atoms with Gasteiger partial charge in [-0.05, 0) is 24.6 Å². The Morgan fingerprint density at radius 2 is 1.78 bits per heavy atom. The number of nitrogens with zero attached hydrogens (tertiary/aromatic N) is 1. The highest BCUT2D eigenvalue weighted by atomic mass is 15.0. The second-order valence-electron chi connectivity index (χ2n) is 5.01. The molecule has 0 N–H and O–H groups in total. The SMILES string of the molecule is Cc1ccccc1C1=[N+](C)C2C=CC=CC2C=C1. The molecule has 1 heteroatoms. The molecular weight excluding hydrogens is 218 g/mol. The molecule has 2 unspecified atom stereocenters. The van der Waals surface area contributed by atoms with Crippen LogP contribution in [0.25, 0.3) is 0 Å². The van der Waals surface area contributed by atoms with E-state index in [0.717, 1.165) is 0 Å². The van der Waals surface area contributed by atoms with Crippen LogP contribution >= 0.6 is 0 Å². The molecule has 0 fully saturated rings. The number of allylic oxidation sites excluding steroid dienone is 3. The number of rotatable bonds is 1. The lowest BCUT2D eigenvalue weighted by Crippen LogP contribution is -2.36. The van der Waals surface area contributed by atoms with Crippen molar-refractivity contribution in [2.75, 3.05) is 7.05 Å². The van der Waals surface area contributed by atoms with Crippen LogP contribution in [0.2, 0.25) is 0 Å². The van der Waals surface area contributed by atoms with Crippen molar-refractivity contribution in [1.82, 2.24) is 0 Å². The lowest BCUT2D eigenvalue weighted by Gasteiger charge is -2.23. The zero-order chi connectivity index (χ0) is 12.5. The highest BCUT2D eigenvalue weighted by Gasteiger charge is 2.30. The van der Waals surface area contributed by atoms with Crippen LogP contribution in [0.5, 0.6) is 0 Å². The van der Waals surface area contributed by atoms with Crippen LogP contribution in [-0.4, -0.2) is 23.4 Å². The number of likely N-dealkylation sites (N-methyl/N-ethyl adjacent to an activating group) is 1. The van der Waals surface area contributed by atoms with E-state index >= 15 is 0 Å². The molecule has 0 saturated carbocycles. The predicted molar refractivity (Wildman–Crippen MR) is 76.2 cm³/mol. The molecule has 1 aromatic rings. The molecule has 0 spiro atoms. The predicted octanol–water partition coefficient (Wildman–Crippen LogP) is 3.11. The minimum absolute atomic E-state index is 0.453. The minimum Gasteiger partial charge on any atom is -0.225 e. The smallest absolute Gasteiger partial charge is 0.207 e. The van der Waals surface area contributed by atoms with E-state index in [1.54, 1.807) is 0 Å². The van der Waals surface area contributed by atoms with Crippen LogP contribution in [0.1, 0.15) is 11.1 Å². The largest absolute Gasteiger partial charge is 0.225 e. The lowest BCUT2D eigenvalue weighted by atomic mass is 9.89. The topological polar surface area (TPSA) is 3.01 Å². The monoisotopic (exact) mass is 236 g/mol. The van der Waals surface area contributed by atoms with Gasteiger partial charge in [0.2, 0.25) is 5.71 Å². The Bertz CT molecular complexity index is 587. The molecular formula is C17H18N+. The maximum atomic E-state index is 2.38. The second-order valence-corrected chi connectivity index (χ2v) is 5.01. The number of hydrogen-bond donors (Lipinski definition) is 0. The number of fused-ring (bicyclic) bond motifs is 1. The Labute approximate surface area is 108 Å². The fourth-order valence-corrected chi connectivity index (χ4v) is 2.80. The van der Waals surface area contributed by atoms with Crippen molar-refractivity contribution in [1.29, 1.82) is 0 Å². The van der Waals surface area contributed by atoms with Crippen LogP contribution in [-0.2, 0) is 0 Å². The van der Waals surface area contributed by atoms with E-state index in [-0.39, 0.29) is 0 Å². The molecule has 0 aromatic heterocycles. The summed E-state index contributed by atoms with van der Waals surface area (Å²) in [6.07, 6.45) is 13.4. The summed E-state index contributed by atoms with van der Waals surface area (Å²) in [5, 5.41) is 0. The second kappa shape index (κ2) is 4.41. The van der Waals surface area contributed by atoms with Gasteiger partial charge in [0.25, 0.3) is 0 Å². The first-order chi connectivity index (χ1) is 8.77. The lowest BCUT2D eigenvalue weighted by molar-refractivity contribution is -0.530. The Hall–Kier alpha value is -1.89. The molecule has 2 aliphatic rings. The van der Waals surface area contributed by atoms with Crippen LogP contribution in [0.15, 0.2) is 60.7 Å². The average molecular weight is 236 g/mol. The van der Waals surface area contributed by atoms with E-state index in [1.807, 2.05) is 0 Å². The number of aryl methyl sites for hydroxylation is 1. The van der Waals surface area contributed by atoms with Gasteiger partial charge in [0, 0.05) is 11.6 Å². The normalized spacial score (nSPS) is 25.4. The Morgan fingerprint density at radius 3 is 2.61 bits per heavy atom. The number of benzene rings is 1. The zero-order valence-electron chi connectivity index (χ0n) is 10.9. The molecule has 1 aromatic carbocycles. The average Bonchev–Trinajstić information content (AvgIpc) is 2.41. The van der Waals surface area contributed by atoms with E-state index in [9.17, 15) is 0 Å². The Balaban J connectivity index is 2.08. The zero-order valence-corrected chi connectivity index (χ0v) is 10.9. The highest BCUT2D eigenvalue weighted by molar-refractivity contribution is 6.06. The van der Waals surface area contributed by atoms with Crippen LogP contribution in [0, 0.1) is 12.8 Å². The Morgan fingerprint density at radius 1 is 1.00 bits per heavy atom. The van der Waals surface area contributed by atoms with Crippen LogP contribution in [0.3, 0.4) is 0 Å². The van der Waals surface area contributed by atoms with Crippen molar-refractivity contribution in [2.45, 2.75) is 13.0 Å². The summed E-state index contributed by atoms with van der Waals surface area (Å²) in [4.78, 5) is 0. The summed E-state index contributed by atoms with van der Waals surface area (Å²) in [7, 11) is 2.19. The third-order valence-corrected chi connectivity index (χ3v) is 3.87. The molecule has 0 bridgehead atoms. The maximum absolute atomic E-state index is 2.38. The minimum atomic E-state index is 0.453. The van der Waals surface area contributed by atoms with Gasteiger partial charge >= 0.3 is 0 Å². The van der Waals surface area contributed by atoms with Gasteiger partial charge in [-0.15, -0.1) is 0 Å².